The van der Waals surface area contributed by atoms with E-state index in [9.17, 15) is 10.2 Å². The van der Waals surface area contributed by atoms with Crippen molar-refractivity contribution in [1.82, 2.24) is 0 Å². The van der Waals surface area contributed by atoms with Crippen LogP contribution in [0.5, 0.6) is 0 Å². The minimum atomic E-state index is -0.535. The quantitative estimate of drug-likeness (QED) is 0.563. The smallest absolute Gasteiger partial charge is 0.0591 e. The Hall–Kier alpha value is -0.900. The zero-order valence-corrected chi connectivity index (χ0v) is 19.8. The summed E-state index contributed by atoms with van der Waals surface area (Å²) in [6.07, 6.45) is 16.9. The molecule has 0 saturated heterocycles. The van der Waals surface area contributed by atoms with Gasteiger partial charge in [0.1, 0.15) is 0 Å². The number of aliphatic hydroxyl groups excluding tert-OH is 1. The number of allylic oxidation sites excluding steroid dienone is 4. The van der Waals surface area contributed by atoms with Crippen molar-refractivity contribution in [2.75, 3.05) is 0 Å². The van der Waals surface area contributed by atoms with Gasteiger partial charge >= 0.3 is 0 Å². The van der Waals surface area contributed by atoms with E-state index in [0.29, 0.717) is 5.41 Å². The van der Waals surface area contributed by atoms with Crippen molar-refractivity contribution in [2.45, 2.75) is 110 Å². The van der Waals surface area contributed by atoms with E-state index in [1.807, 2.05) is 13.8 Å². The second kappa shape index (κ2) is 10.1. The van der Waals surface area contributed by atoms with Crippen molar-refractivity contribution >= 4 is 0 Å². The van der Waals surface area contributed by atoms with E-state index < -0.39 is 5.60 Å². The molecule has 3 saturated carbocycles. The maximum atomic E-state index is 10.0. The summed E-state index contributed by atoms with van der Waals surface area (Å²) in [5.74, 6) is 2.26. The van der Waals surface area contributed by atoms with Gasteiger partial charge in [0, 0.05) is 0 Å². The molecule has 0 aliphatic heterocycles. The molecule has 3 aliphatic rings. The molecule has 5 atom stereocenters. The maximum absolute atomic E-state index is 10.0. The monoisotopic (exact) mass is 418 g/mol. The van der Waals surface area contributed by atoms with E-state index in [4.69, 9.17) is 0 Å². The predicted octanol–water partition coefficient (Wildman–Crippen LogP) is 5.91. The average Bonchev–Trinajstić information content (AvgIpc) is 2.99. The molecule has 0 heterocycles. The fourth-order valence-electron chi connectivity index (χ4n) is 6.67. The third kappa shape index (κ3) is 5.87. The molecule has 3 rings (SSSR count). The van der Waals surface area contributed by atoms with Crippen LogP contribution in [0.3, 0.4) is 0 Å². The molecule has 4 N–H and O–H groups in total. The fraction of sp³-hybridized carbons (Fsp3) is 0.778. The zero-order chi connectivity index (χ0) is 21.2. The molecule has 0 aromatic rings. The Kier molecular flexibility index (Phi) is 8.58. The summed E-state index contributed by atoms with van der Waals surface area (Å²) in [5, 5.41) is 20.1. The van der Waals surface area contributed by atoms with Crippen molar-refractivity contribution < 1.29 is 15.7 Å². The Bertz CT molecular complexity index is 654. The van der Waals surface area contributed by atoms with Gasteiger partial charge in [0.15, 0.2) is 0 Å². The van der Waals surface area contributed by atoms with Gasteiger partial charge in [-0.05, 0) is 100 Å². The lowest BCUT2D eigenvalue weighted by Crippen LogP contribution is -2.36. The Morgan fingerprint density at radius 1 is 1.20 bits per heavy atom. The molecule has 0 bridgehead atoms. The number of rotatable bonds is 6. The van der Waals surface area contributed by atoms with Crippen molar-refractivity contribution in [3.8, 4) is 0 Å². The van der Waals surface area contributed by atoms with Crippen LogP contribution < -0.4 is 0 Å². The van der Waals surface area contributed by atoms with Gasteiger partial charge in [-0.3, -0.25) is 0 Å². The Balaban J connectivity index is 0.00000320. The van der Waals surface area contributed by atoms with E-state index in [1.165, 1.54) is 49.7 Å². The second-order valence-electron chi connectivity index (χ2n) is 11.2. The van der Waals surface area contributed by atoms with E-state index in [0.717, 1.165) is 49.9 Å². The van der Waals surface area contributed by atoms with Gasteiger partial charge in [-0.1, -0.05) is 56.6 Å². The molecule has 3 fully saturated rings. The minimum Gasteiger partial charge on any atom is -0.412 e. The van der Waals surface area contributed by atoms with E-state index in [-0.39, 0.29) is 11.6 Å². The second-order valence-corrected chi connectivity index (χ2v) is 11.2. The van der Waals surface area contributed by atoms with Crippen LogP contribution in [-0.4, -0.2) is 27.4 Å². The van der Waals surface area contributed by atoms with Gasteiger partial charge in [0.2, 0.25) is 0 Å². The molecular weight excluding hydrogens is 372 g/mol. The Morgan fingerprint density at radius 3 is 2.63 bits per heavy atom. The van der Waals surface area contributed by atoms with Gasteiger partial charge < -0.3 is 15.7 Å². The topological polar surface area (TPSA) is 72.0 Å². The highest BCUT2D eigenvalue weighted by Crippen LogP contribution is 2.60. The zero-order valence-electron chi connectivity index (χ0n) is 19.8. The number of fused-ring (bicyclic) bond motifs is 1. The van der Waals surface area contributed by atoms with Crippen LogP contribution in [0.25, 0.3) is 0 Å². The molecule has 0 radical (unpaired) electrons. The molecule has 172 valence electrons. The lowest BCUT2D eigenvalue weighted by atomic mass is 9.60. The summed E-state index contributed by atoms with van der Waals surface area (Å²) in [4.78, 5) is 0. The fourth-order valence-corrected chi connectivity index (χ4v) is 6.67. The summed E-state index contributed by atoms with van der Waals surface area (Å²) in [7, 11) is 0. The standard InChI is InChI=1S/C27H44O2.H2O/c1-19-10-13-23(28)18-22(19)12-11-21-9-7-17-27(5)24(14-15-25(21)27)20(2)8-6-16-26(3,4)29;/h11-12,20,23-25,28-29H,1,6-10,13-18H2,2-5H3;1H2/b21-11+,22-12+;/t20-,23+,24-,25+,27-;/m1./s1. The van der Waals surface area contributed by atoms with E-state index >= 15 is 0 Å². The van der Waals surface area contributed by atoms with Gasteiger partial charge in [0.25, 0.3) is 0 Å². The molecule has 30 heavy (non-hydrogen) atoms. The molecule has 0 amide bonds. The molecular formula is C27H46O3. The van der Waals surface area contributed by atoms with Gasteiger partial charge in [-0.2, -0.15) is 0 Å². The summed E-state index contributed by atoms with van der Waals surface area (Å²) in [6, 6.07) is 0. The highest BCUT2D eigenvalue weighted by atomic mass is 16.3. The van der Waals surface area contributed by atoms with Crippen LogP contribution in [0, 0.1) is 23.2 Å². The predicted molar refractivity (Wildman–Crippen MR) is 126 cm³/mol. The molecule has 0 aromatic carbocycles. The summed E-state index contributed by atoms with van der Waals surface area (Å²) < 4.78 is 0. The highest BCUT2D eigenvalue weighted by Gasteiger charge is 2.50. The third-order valence-electron chi connectivity index (χ3n) is 8.36. The number of hydrogen-bond acceptors (Lipinski definition) is 2. The molecule has 0 spiro atoms. The van der Waals surface area contributed by atoms with Crippen LogP contribution in [0.4, 0.5) is 0 Å². The van der Waals surface area contributed by atoms with Crippen LogP contribution in [0.2, 0.25) is 0 Å². The first-order chi connectivity index (χ1) is 13.6. The van der Waals surface area contributed by atoms with E-state index in [2.05, 4.69) is 32.6 Å². The largest absolute Gasteiger partial charge is 0.412 e. The molecule has 0 aromatic heterocycles. The molecule has 3 aliphatic carbocycles. The first-order valence-corrected chi connectivity index (χ1v) is 12.1. The molecule has 3 heteroatoms. The van der Waals surface area contributed by atoms with Crippen molar-refractivity contribution in [2.24, 2.45) is 23.2 Å². The lowest BCUT2D eigenvalue weighted by Gasteiger charge is -2.44. The normalized spacial score (nSPS) is 35.9. The third-order valence-corrected chi connectivity index (χ3v) is 8.36. The van der Waals surface area contributed by atoms with Crippen LogP contribution >= 0.6 is 0 Å². The van der Waals surface area contributed by atoms with Gasteiger partial charge in [-0.15, -0.1) is 0 Å². The van der Waals surface area contributed by atoms with Crippen molar-refractivity contribution in [3.05, 3.63) is 35.5 Å². The Labute approximate surface area is 184 Å². The average molecular weight is 419 g/mol. The summed E-state index contributed by atoms with van der Waals surface area (Å²) in [5.41, 5.74) is 4.02. The van der Waals surface area contributed by atoms with E-state index in [1.54, 1.807) is 5.57 Å². The Morgan fingerprint density at radius 2 is 1.93 bits per heavy atom. The SMILES string of the molecule is C=C1CC[C@H](O)C/C1=C\C=C1/CCC[C@]2(C)[C@@H]([C@H](C)CCCC(C)(C)O)CC[C@@H]12.O. The molecule has 0 unspecified atom stereocenters. The van der Waals surface area contributed by atoms with Crippen LogP contribution in [0.15, 0.2) is 35.5 Å². The van der Waals surface area contributed by atoms with Crippen LogP contribution in [0.1, 0.15) is 98.3 Å². The highest BCUT2D eigenvalue weighted by molar-refractivity contribution is 5.36. The number of aliphatic hydroxyl groups is 2. The van der Waals surface area contributed by atoms with Crippen LogP contribution in [-0.2, 0) is 0 Å². The summed E-state index contributed by atoms with van der Waals surface area (Å²) in [6.45, 7) is 13.1. The lowest BCUT2D eigenvalue weighted by molar-refractivity contribution is 0.0596. The minimum absolute atomic E-state index is 0. The van der Waals surface area contributed by atoms with Crippen molar-refractivity contribution in [3.63, 3.8) is 0 Å². The molecule has 3 nitrogen and oxygen atoms in total. The maximum Gasteiger partial charge on any atom is 0.0591 e. The number of hydrogen-bond donors (Lipinski definition) is 2. The van der Waals surface area contributed by atoms with Gasteiger partial charge in [-0.25, -0.2) is 0 Å². The van der Waals surface area contributed by atoms with Gasteiger partial charge in [0.05, 0.1) is 11.7 Å². The summed E-state index contributed by atoms with van der Waals surface area (Å²) >= 11 is 0. The first-order valence-electron chi connectivity index (χ1n) is 12.1. The first kappa shape index (κ1) is 25.4. The van der Waals surface area contributed by atoms with Crippen molar-refractivity contribution in [1.29, 1.82) is 0 Å².